The van der Waals surface area contributed by atoms with Crippen LogP contribution in [0.5, 0.6) is 0 Å². The first-order chi connectivity index (χ1) is 8.45. The van der Waals surface area contributed by atoms with Crippen LogP contribution in [0.15, 0.2) is 27.9 Å². The second-order valence-electron chi connectivity index (χ2n) is 5.69. The number of benzene rings is 1. The van der Waals surface area contributed by atoms with Gasteiger partial charge in [-0.15, -0.1) is 0 Å². The van der Waals surface area contributed by atoms with Gasteiger partial charge >= 0.3 is 0 Å². The molecule has 0 radical (unpaired) electrons. The number of rotatable bonds is 3. The zero-order valence-corrected chi connectivity index (χ0v) is 15.6. The third-order valence-electron chi connectivity index (χ3n) is 4.12. The zero-order chi connectivity index (χ0) is 13.3. The molecule has 0 nitrogen and oxygen atoms in total. The molecule has 0 aromatic heterocycles. The molecule has 1 unspecified atom stereocenters. The summed E-state index contributed by atoms with van der Waals surface area (Å²) in [4.78, 5) is 0. The van der Waals surface area contributed by atoms with Crippen molar-refractivity contribution >= 4 is 45.2 Å². The molecule has 0 heterocycles. The molecule has 0 N–H and O–H groups in total. The van der Waals surface area contributed by atoms with E-state index < -0.39 is 0 Å². The summed E-state index contributed by atoms with van der Waals surface area (Å²) in [6.45, 7) is 7.04. The van der Waals surface area contributed by atoms with Crippen molar-refractivity contribution in [2.45, 2.75) is 45.4 Å². The molecule has 98 valence electrons. The van der Waals surface area contributed by atoms with Gasteiger partial charge in [-0.3, -0.25) is 0 Å². The molecule has 0 bridgehead atoms. The lowest BCUT2D eigenvalue weighted by Crippen LogP contribution is -2.24. The number of halogens is 2. The van der Waals surface area contributed by atoms with E-state index in [0.717, 1.165) is 12.3 Å². The Kier molecular flexibility index (Phi) is 4.79. The number of allylic oxidation sites excluding steroid dienone is 2. The van der Waals surface area contributed by atoms with E-state index >= 15 is 0 Å². The molecular formula is C16H20I2. The van der Waals surface area contributed by atoms with Gasteiger partial charge < -0.3 is 0 Å². The van der Waals surface area contributed by atoms with Crippen molar-refractivity contribution in [2.75, 3.05) is 0 Å². The van der Waals surface area contributed by atoms with Crippen LogP contribution in [-0.4, -0.2) is 0 Å². The summed E-state index contributed by atoms with van der Waals surface area (Å²) in [7, 11) is 0. The van der Waals surface area contributed by atoms with Crippen LogP contribution in [0.4, 0.5) is 0 Å². The van der Waals surface area contributed by atoms with Crippen LogP contribution in [0.25, 0.3) is 0 Å². The van der Waals surface area contributed by atoms with E-state index in [0.29, 0.717) is 5.41 Å². The van der Waals surface area contributed by atoms with Crippen molar-refractivity contribution in [1.82, 2.24) is 0 Å². The van der Waals surface area contributed by atoms with Gasteiger partial charge in [0.15, 0.2) is 0 Å². The molecule has 1 aliphatic carbocycles. The van der Waals surface area contributed by atoms with Gasteiger partial charge in [0, 0.05) is 3.57 Å². The minimum atomic E-state index is 0.314. The standard InChI is InChI=1S/C16H20I2/c1-4-5-13(17)9-12-8-11-6-7-14(18)10-15(11)16(12,2)3/h5-7,10,12H,4,8-9H2,1-3H3/b13-5+. The largest absolute Gasteiger partial charge is 0.0755 e. The Morgan fingerprint density at radius 1 is 1.44 bits per heavy atom. The molecule has 0 saturated heterocycles. The monoisotopic (exact) mass is 466 g/mol. The molecule has 1 aliphatic rings. The lowest BCUT2D eigenvalue weighted by atomic mass is 9.77. The fourth-order valence-electron chi connectivity index (χ4n) is 2.93. The van der Waals surface area contributed by atoms with E-state index in [1.165, 1.54) is 20.0 Å². The quantitative estimate of drug-likeness (QED) is 0.490. The van der Waals surface area contributed by atoms with Crippen LogP contribution in [0, 0.1) is 9.49 Å². The SMILES string of the molecule is CC/C=C(/I)CC1Cc2ccc(I)cc2C1(C)C. The van der Waals surface area contributed by atoms with Crippen LogP contribution < -0.4 is 0 Å². The third-order valence-corrected chi connectivity index (χ3v) is 5.67. The average molecular weight is 466 g/mol. The molecule has 2 heteroatoms. The number of hydrogen-bond acceptors (Lipinski definition) is 0. The summed E-state index contributed by atoms with van der Waals surface area (Å²) >= 11 is 4.94. The Balaban J connectivity index is 2.26. The summed E-state index contributed by atoms with van der Waals surface area (Å²) in [5, 5.41) is 0. The maximum absolute atomic E-state index is 2.51. The van der Waals surface area contributed by atoms with E-state index in [1.54, 1.807) is 11.1 Å². The molecular weight excluding hydrogens is 446 g/mol. The minimum absolute atomic E-state index is 0.314. The molecule has 0 spiro atoms. The van der Waals surface area contributed by atoms with Gasteiger partial charge in [0.05, 0.1) is 0 Å². The summed E-state index contributed by atoms with van der Waals surface area (Å²) in [5.41, 5.74) is 3.44. The predicted molar refractivity (Wildman–Crippen MR) is 96.4 cm³/mol. The Morgan fingerprint density at radius 3 is 2.83 bits per heavy atom. The fraction of sp³-hybridized carbons (Fsp3) is 0.500. The smallest absolute Gasteiger partial charge is 0.0133 e. The highest BCUT2D eigenvalue weighted by molar-refractivity contribution is 14.1. The maximum atomic E-state index is 2.51. The normalized spacial score (nSPS) is 22.1. The van der Waals surface area contributed by atoms with Gasteiger partial charge in [-0.05, 0) is 103 Å². The van der Waals surface area contributed by atoms with Gasteiger partial charge in [0.1, 0.15) is 0 Å². The molecule has 1 atom stereocenters. The first-order valence-corrected chi connectivity index (χ1v) is 8.74. The molecule has 0 aliphatic heterocycles. The molecule has 1 aromatic carbocycles. The Morgan fingerprint density at radius 2 is 2.17 bits per heavy atom. The molecule has 1 aromatic rings. The van der Waals surface area contributed by atoms with E-state index in [2.05, 4.69) is 90.2 Å². The summed E-state index contributed by atoms with van der Waals surface area (Å²) in [6, 6.07) is 6.95. The fourth-order valence-corrected chi connectivity index (χ4v) is 4.40. The maximum Gasteiger partial charge on any atom is 0.0133 e. The number of hydrogen-bond donors (Lipinski definition) is 0. The lowest BCUT2D eigenvalue weighted by molar-refractivity contribution is 0.351. The zero-order valence-electron chi connectivity index (χ0n) is 11.3. The Labute approximate surface area is 138 Å². The van der Waals surface area contributed by atoms with Crippen molar-refractivity contribution in [1.29, 1.82) is 0 Å². The summed E-state index contributed by atoms with van der Waals surface area (Å²) < 4.78 is 2.88. The number of fused-ring (bicyclic) bond motifs is 1. The van der Waals surface area contributed by atoms with E-state index in [4.69, 9.17) is 0 Å². The third kappa shape index (κ3) is 2.94. The van der Waals surface area contributed by atoms with Gasteiger partial charge in [-0.25, -0.2) is 0 Å². The van der Waals surface area contributed by atoms with Crippen molar-refractivity contribution in [3.8, 4) is 0 Å². The molecule has 0 amide bonds. The molecule has 2 rings (SSSR count). The van der Waals surface area contributed by atoms with Crippen LogP contribution in [0.3, 0.4) is 0 Å². The minimum Gasteiger partial charge on any atom is -0.0755 e. The topological polar surface area (TPSA) is 0 Å². The van der Waals surface area contributed by atoms with Crippen LogP contribution in [0.2, 0.25) is 0 Å². The highest BCUT2D eigenvalue weighted by atomic mass is 127. The molecule has 0 fully saturated rings. The Bertz CT molecular complexity index is 472. The van der Waals surface area contributed by atoms with Crippen LogP contribution in [-0.2, 0) is 11.8 Å². The van der Waals surface area contributed by atoms with Gasteiger partial charge in [0.2, 0.25) is 0 Å². The predicted octanol–water partition coefficient (Wildman–Crippen LogP) is 5.86. The van der Waals surface area contributed by atoms with Gasteiger partial charge in [0.25, 0.3) is 0 Å². The lowest BCUT2D eigenvalue weighted by Gasteiger charge is -2.28. The second-order valence-corrected chi connectivity index (χ2v) is 8.32. The summed E-state index contributed by atoms with van der Waals surface area (Å²) in [6.07, 6.45) is 5.98. The van der Waals surface area contributed by atoms with Crippen molar-refractivity contribution in [3.63, 3.8) is 0 Å². The summed E-state index contributed by atoms with van der Waals surface area (Å²) in [5.74, 6) is 0.750. The van der Waals surface area contributed by atoms with E-state index in [-0.39, 0.29) is 0 Å². The first kappa shape index (κ1) is 14.8. The van der Waals surface area contributed by atoms with E-state index in [9.17, 15) is 0 Å². The first-order valence-electron chi connectivity index (χ1n) is 6.58. The van der Waals surface area contributed by atoms with Crippen molar-refractivity contribution in [3.05, 3.63) is 42.6 Å². The average Bonchev–Trinajstić information content (AvgIpc) is 2.52. The highest BCUT2D eigenvalue weighted by Gasteiger charge is 2.39. The van der Waals surface area contributed by atoms with Crippen molar-refractivity contribution < 1.29 is 0 Å². The van der Waals surface area contributed by atoms with Crippen LogP contribution in [0.1, 0.15) is 44.7 Å². The highest BCUT2D eigenvalue weighted by Crippen LogP contribution is 2.46. The molecule has 18 heavy (non-hydrogen) atoms. The molecule has 0 saturated carbocycles. The van der Waals surface area contributed by atoms with Gasteiger partial charge in [-0.1, -0.05) is 32.9 Å². The van der Waals surface area contributed by atoms with Crippen LogP contribution >= 0.6 is 45.2 Å². The van der Waals surface area contributed by atoms with Gasteiger partial charge in [-0.2, -0.15) is 0 Å². The second kappa shape index (κ2) is 5.81. The van der Waals surface area contributed by atoms with E-state index in [1.807, 2.05) is 0 Å². The Hall–Kier alpha value is 0.420. The van der Waals surface area contributed by atoms with Crippen molar-refractivity contribution in [2.24, 2.45) is 5.92 Å².